The molecule has 5 nitrogen and oxygen atoms in total. The summed E-state index contributed by atoms with van der Waals surface area (Å²) in [5.41, 5.74) is 8.85. The van der Waals surface area contributed by atoms with Gasteiger partial charge in [0.05, 0.1) is 11.4 Å². The average Bonchev–Trinajstić information content (AvgIpc) is 2.97. The third-order valence-corrected chi connectivity index (χ3v) is 3.78. The number of hydrogen-bond acceptors (Lipinski definition) is 4. The van der Waals surface area contributed by atoms with Gasteiger partial charge >= 0.3 is 0 Å². The molecule has 2 N–H and O–H groups in total. The zero-order valence-corrected chi connectivity index (χ0v) is 12.2. The summed E-state index contributed by atoms with van der Waals surface area (Å²) in [6, 6.07) is 2.01. The number of carbonyl (C=O) groups excluding carboxylic acids is 1. The van der Waals surface area contributed by atoms with Gasteiger partial charge in [0.15, 0.2) is 0 Å². The van der Waals surface area contributed by atoms with Crippen molar-refractivity contribution in [3.8, 4) is 0 Å². The van der Waals surface area contributed by atoms with Gasteiger partial charge in [-0.1, -0.05) is 6.92 Å². The number of amides is 1. The summed E-state index contributed by atoms with van der Waals surface area (Å²) in [7, 11) is 3.53. The molecule has 0 aromatic carbocycles. The van der Waals surface area contributed by atoms with E-state index in [4.69, 9.17) is 5.73 Å². The van der Waals surface area contributed by atoms with E-state index in [9.17, 15) is 4.79 Å². The van der Waals surface area contributed by atoms with Crippen molar-refractivity contribution in [2.24, 2.45) is 7.05 Å². The fourth-order valence-corrected chi connectivity index (χ4v) is 2.68. The highest BCUT2D eigenvalue weighted by Crippen LogP contribution is 2.19. The Morgan fingerprint density at radius 1 is 1.58 bits per heavy atom. The van der Waals surface area contributed by atoms with Crippen molar-refractivity contribution in [2.45, 2.75) is 19.9 Å². The number of nitrogens with two attached hydrogens (primary N) is 1. The second kappa shape index (κ2) is 5.44. The molecule has 2 aromatic heterocycles. The number of nitrogens with zero attached hydrogens (tertiary/aromatic N) is 3. The molecule has 0 unspecified atom stereocenters. The average molecular weight is 278 g/mol. The molecule has 2 heterocycles. The summed E-state index contributed by atoms with van der Waals surface area (Å²) in [5, 5.41) is 8.31. The fraction of sp³-hybridized carbons (Fsp3) is 0.385. The Bertz CT molecular complexity index is 574. The first kappa shape index (κ1) is 13.6. The molecule has 6 heteroatoms. The van der Waals surface area contributed by atoms with Crippen molar-refractivity contribution in [2.75, 3.05) is 12.8 Å². The Hall–Kier alpha value is -1.82. The van der Waals surface area contributed by atoms with E-state index in [0.717, 1.165) is 17.7 Å². The Morgan fingerprint density at radius 3 is 2.84 bits per heavy atom. The number of rotatable bonds is 4. The first-order valence-electron chi connectivity index (χ1n) is 6.12. The standard InChI is InChI=1S/C13H18N4OS/c1-4-10-11(14)12(17(3)15-10)13(18)16(2)7-9-5-6-19-8-9/h5-6,8H,4,7,14H2,1-3H3. The molecule has 0 saturated carbocycles. The molecule has 2 aromatic rings. The Labute approximate surface area is 116 Å². The van der Waals surface area contributed by atoms with Crippen LogP contribution in [0, 0.1) is 0 Å². The summed E-state index contributed by atoms with van der Waals surface area (Å²) in [5.74, 6) is -0.0987. The number of nitrogen functional groups attached to an aromatic ring is 1. The van der Waals surface area contributed by atoms with Crippen LogP contribution in [0.4, 0.5) is 5.69 Å². The topological polar surface area (TPSA) is 64.2 Å². The molecule has 0 radical (unpaired) electrons. The van der Waals surface area contributed by atoms with E-state index in [0.29, 0.717) is 17.9 Å². The summed E-state index contributed by atoms with van der Waals surface area (Å²) in [4.78, 5) is 14.1. The van der Waals surface area contributed by atoms with Crippen molar-refractivity contribution in [1.29, 1.82) is 0 Å². The third-order valence-electron chi connectivity index (χ3n) is 3.04. The summed E-state index contributed by atoms with van der Waals surface area (Å²) in [6.45, 7) is 2.55. The molecule has 0 aliphatic rings. The van der Waals surface area contributed by atoms with E-state index in [2.05, 4.69) is 5.10 Å². The number of hydrogen-bond donors (Lipinski definition) is 1. The molecular formula is C13H18N4OS. The van der Waals surface area contributed by atoms with Crippen molar-refractivity contribution in [3.05, 3.63) is 33.8 Å². The van der Waals surface area contributed by atoms with E-state index >= 15 is 0 Å². The van der Waals surface area contributed by atoms with Gasteiger partial charge in [0, 0.05) is 20.6 Å². The van der Waals surface area contributed by atoms with E-state index in [-0.39, 0.29) is 5.91 Å². The van der Waals surface area contributed by atoms with Gasteiger partial charge in [0.1, 0.15) is 5.69 Å². The van der Waals surface area contributed by atoms with Crippen LogP contribution in [-0.2, 0) is 20.0 Å². The Morgan fingerprint density at radius 2 is 2.32 bits per heavy atom. The van der Waals surface area contributed by atoms with Crippen LogP contribution in [0.3, 0.4) is 0 Å². The largest absolute Gasteiger partial charge is 0.395 e. The number of aromatic nitrogens is 2. The normalized spacial score (nSPS) is 10.7. The molecule has 2 rings (SSSR count). The second-order valence-electron chi connectivity index (χ2n) is 4.48. The first-order valence-corrected chi connectivity index (χ1v) is 7.06. The maximum Gasteiger partial charge on any atom is 0.274 e. The monoisotopic (exact) mass is 278 g/mol. The zero-order chi connectivity index (χ0) is 14.0. The number of aryl methyl sites for hydroxylation is 2. The van der Waals surface area contributed by atoms with Crippen LogP contribution < -0.4 is 5.73 Å². The van der Waals surface area contributed by atoms with Gasteiger partial charge in [-0.05, 0) is 28.8 Å². The Balaban J connectivity index is 2.21. The minimum Gasteiger partial charge on any atom is -0.395 e. The van der Waals surface area contributed by atoms with Crippen molar-refractivity contribution < 1.29 is 4.79 Å². The molecular weight excluding hydrogens is 260 g/mol. The highest BCUT2D eigenvalue weighted by atomic mass is 32.1. The molecule has 19 heavy (non-hydrogen) atoms. The van der Waals surface area contributed by atoms with Crippen LogP contribution in [0.2, 0.25) is 0 Å². The van der Waals surface area contributed by atoms with E-state index in [1.165, 1.54) is 0 Å². The van der Waals surface area contributed by atoms with Gasteiger partial charge in [-0.15, -0.1) is 0 Å². The lowest BCUT2D eigenvalue weighted by Crippen LogP contribution is -2.28. The molecule has 0 saturated heterocycles. The predicted molar refractivity (Wildman–Crippen MR) is 77.1 cm³/mol. The number of anilines is 1. The van der Waals surface area contributed by atoms with Crippen LogP contribution in [0.1, 0.15) is 28.7 Å². The minimum atomic E-state index is -0.0987. The lowest BCUT2D eigenvalue weighted by atomic mass is 10.2. The van der Waals surface area contributed by atoms with Crippen molar-refractivity contribution in [1.82, 2.24) is 14.7 Å². The van der Waals surface area contributed by atoms with Crippen LogP contribution in [-0.4, -0.2) is 27.6 Å². The van der Waals surface area contributed by atoms with Crippen LogP contribution in [0.15, 0.2) is 16.8 Å². The van der Waals surface area contributed by atoms with Gasteiger partial charge in [-0.2, -0.15) is 16.4 Å². The highest BCUT2D eigenvalue weighted by Gasteiger charge is 2.22. The number of carbonyl (C=O) groups is 1. The van der Waals surface area contributed by atoms with Crippen LogP contribution in [0.5, 0.6) is 0 Å². The van der Waals surface area contributed by atoms with Crippen LogP contribution >= 0.6 is 11.3 Å². The Kier molecular flexibility index (Phi) is 3.90. The van der Waals surface area contributed by atoms with Crippen molar-refractivity contribution >= 4 is 22.9 Å². The minimum absolute atomic E-state index is 0.0987. The summed E-state index contributed by atoms with van der Waals surface area (Å²) in [6.07, 6.45) is 0.723. The first-order chi connectivity index (χ1) is 9.04. The smallest absolute Gasteiger partial charge is 0.274 e. The van der Waals surface area contributed by atoms with Crippen molar-refractivity contribution in [3.63, 3.8) is 0 Å². The molecule has 0 aliphatic heterocycles. The maximum atomic E-state index is 12.4. The molecule has 0 fully saturated rings. The molecule has 102 valence electrons. The van der Waals surface area contributed by atoms with E-state index in [1.54, 1.807) is 35.0 Å². The lowest BCUT2D eigenvalue weighted by Gasteiger charge is -2.16. The predicted octanol–water partition coefficient (Wildman–Crippen LogP) is 1.90. The van der Waals surface area contributed by atoms with Gasteiger partial charge in [-0.25, -0.2) is 0 Å². The summed E-state index contributed by atoms with van der Waals surface area (Å²) >= 11 is 1.62. The number of thiophene rings is 1. The van der Waals surface area contributed by atoms with Gasteiger partial charge in [-0.3, -0.25) is 9.48 Å². The molecule has 0 atom stereocenters. The second-order valence-corrected chi connectivity index (χ2v) is 5.26. The molecule has 0 spiro atoms. The fourth-order valence-electron chi connectivity index (χ4n) is 2.02. The SMILES string of the molecule is CCc1nn(C)c(C(=O)N(C)Cc2ccsc2)c1N. The van der Waals surface area contributed by atoms with Gasteiger partial charge < -0.3 is 10.6 Å². The van der Waals surface area contributed by atoms with E-state index in [1.807, 2.05) is 23.8 Å². The highest BCUT2D eigenvalue weighted by molar-refractivity contribution is 7.07. The van der Waals surface area contributed by atoms with Crippen LogP contribution in [0.25, 0.3) is 0 Å². The molecule has 0 bridgehead atoms. The summed E-state index contributed by atoms with van der Waals surface area (Å²) < 4.78 is 1.57. The molecule has 1 amide bonds. The van der Waals surface area contributed by atoms with E-state index < -0.39 is 0 Å². The molecule has 0 aliphatic carbocycles. The third kappa shape index (κ3) is 2.63. The maximum absolute atomic E-state index is 12.4. The van der Waals surface area contributed by atoms with Gasteiger partial charge in [0.25, 0.3) is 5.91 Å². The quantitative estimate of drug-likeness (QED) is 0.929. The lowest BCUT2D eigenvalue weighted by molar-refractivity contribution is 0.0775. The van der Waals surface area contributed by atoms with Gasteiger partial charge in [0.2, 0.25) is 0 Å². The zero-order valence-electron chi connectivity index (χ0n) is 11.4.